The van der Waals surface area contributed by atoms with E-state index in [1.165, 1.54) is 128 Å². The summed E-state index contributed by atoms with van der Waals surface area (Å²) in [5.74, 6) is -0.669. The molecule has 7 heteroatoms. The minimum absolute atomic E-state index is 0.0574. The zero-order valence-electron chi connectivity index (χ0n) is 29.6. The van der Waals surface area contributed by atoms with Gasteiger partial charge >= 0.3 is 11.9 Å². The van der Waals surface area contributed by atoms with Crippen molar-refractivity contribution in [1.82, 2.24) is 0 Å². The van der Waals surface area contributed by atoms with Crippen molar-refractivity contribution in [2.24, 2.45) is 5.73 Å². The molecule has 0 aliphatic heterocycles. The molecule has 0 spiro atoms. The molecule has 0 radical (unpaired) electrons. The Labute approximate surface area is 283 Å². The molecule has 0 aliphatic carbocycles. The molecular weight excluding hydrogens is 582 g/mol. The van der Waals surface area contributed by atoms with Crippen molar-refractivity contribution in [2.75, 3.05) is 12.4 Å². The van der Waals surface area contributed by atoms with E-state index in [0.29, 0.717) is 12.8 Å². The van der Waals surface area contributed by atoms with Crippen LogP contribution in [0.3, 0.4) is 0 Å². The molecule has 0 rings (SSSR count). The van der Waals surface area contributed by atoms with Gasteiger partial charge in [-0.05, 0) is 12.8 Å². The number of ketones is 1. The Morgan fingerprint density at radius 1 is 0.533 bits per heavy atom. The predicted molar refractivity (Wildman–Crippen MR) is 193 cm³/mol. The third-order valence-electron chi connectivity index (χ3n) is 8.74. The monoisotopic (exact) mass is 656 g/mol. The van der Waals surface area contributed by atoms with Gasteiger partial charge in [-0.3, -0.25) is 14.4 Å². The number of nitrogens with two attached hydrogens (primary N) is 1. The zero-order chi connectivity index (χ0) is 33.2. The summed E-state index contributed by atoms with van der Waals surface area (Å²) < 4.78 is 11.0. The molecule has 0 heterocycles. The second-order valence-electron chi connectivity index (χ2n) is 13.2. The lowest BCUT2D eigenvalue weighted by Crippen LogP contribution is -2.37. The molecule has 0 bridgehead atoms. The van der Waals surface area contributed by atoms with E-state index in [1.54, 1.807) is 0 Å². The molecule has 0 amide bonds. The Morgan fingerprint density at radius 2 is 0.867 bits per heavy atom. The maximum absolute atomic E-state index is 12.5. The van der Waals surface area contributed by atoms with Gasteiger partial charge in [0.25, 0.3) is 0 Å². The molecule has 2 atom stereocenters. The number of carbonyl (C=O) groups is 3. The summed E-state index contributed by atoms with van der Waals surface area (Å²) in [6, 6.07) is -0.725. The molecule has 0 aliphatic rings. The van der Waals surface area contributed by atoms with Gasteiger partial charge < -0.3 is 15.2 Å². The topological polar surface area (TPSA) is 95.7 Å². The second kappa shape index (κ2) is 34.3. The van der Waals surface area contributed by atoms with Crippen LogP contribution < -0.4 is 5.73 Å². The fraction of sp³-hybridized carbons (Fsp3) is 0.921. The van der Waals surface area contributed by atoms with E-state index >= 15 is 0 Å². The molecule has 0 aromatic heterocycles. The van der Waals surface area contributed by atoms with E-state index in [2.05, 4.69) is 26.5 Å². The van der Waals surface area contributed by atoms with E-state index < -0.39 is 12.1 Å². The smallest absolute Gasteiger partial charge is 0.306 e. The van der Waals surface area contributed by atoms with Crippen molar-refractivity contribution in [3.8, 4) is 0 Å². The van der Waals surface area contributed by atoms with Gasteiger partial charge in [0.15, 0.2) is 5.78 Å². The lowest BCUT2D eigenvalue weighted by atomic mass is 10.0. The molecule has 0 aromatic rings. The standard InChI is InChI=1S/C38H73NO5S/c1-3-5-7-9-11-13-15-17-19-21-23-25-27-29-37(41)43-32-34(31-36(40)35(39)33-45)44-38(42)30-28-26-24-22-20-18-16-14-12-10-8-6-4-2/h34-35,45H,3-33,39H2,1-2H3/t34?,35-/m0/s1. The Balaban J connectivity index is 4.05. The van der Waals surface area contributed by atoms with Crippen molar-refractivity contribution in [3.05, 3.63) is 0 Å². The zero-order valence-corrected chi connectivity index (χ0v) is 30.5. The second-order valence-corrected chi connectivity index (χ2v) is 13.6. The first kappa shape index (κ1) is 43.9. The van der Waals surface area contributed by atoms with Crippen molar-refractivity contribution in [2.45, 2.75) is 212 Å². The minimum Gasteiger partial charge on any atom is -0.462 e. The summed E-state index contributed by atoms with van der Waals surface area (Å²) in [6.07, 6.45) is 32.2. The summed E-state index contributed by atoms with van der Waals surface area (Å²) in [7, 11) is 0. The third kappa shape index (κ3) is 31.3. The van der Waals surface area contributed by atoms with Crippen LogP contribution >= 0.6 is 12.6 Å². The lowest BCUT2D eigenvalue weighted by molar-refractivity contribution is -0.160. The maximum Gasteiger partial charge on any atom is 0.306 e. The number of hydrogen-bond donors (Lipinski definition) is 2. The molecule has 0 saturated heterocycles. The van der Waals surface area contributed by atoms with Crippen LogP contribution in [0.4, 0.5) is 0 Å². The average molecular weight is 656 g/mol. The van der Waals surface area contributed by atoms with Gasteiger partial charge in [0.05, 0.1) is 6.04 Å². The van der Waals surface area contributed by atoms with E-state index in [4.69, 9.17) is 15.2 Å². The summed E-state index contributed by atoms with van der Waals surface area (Å²) in [6.45, 7) is 4.41. The van der Waals surface area contributed by atoms with Crippen LogP contribution in [0.5, 0.6) is 0 Å². The number of carbonyl (C=O) groups excluding carboxylic acids is 3. The summed E-state index contributed by atoms with van der Waals surface area (Å²) in [4.78, 5) is 37.2. The van der Waals surface area contributed by atoms with Crippen LogP contribution in [0.2, 0.25) is 0 Å². The molecule has 2 N–H and O–H groups in total. The molecule has 6 nitrogen and oxygen atoms in total. The first-order chi connectivity index (χ1) is 21.9. The minimum atomic E-state index is -0.798. The van der Waals surface area contributed by atoms with Gasteiger partial charge in [-0.2, -0.15) is 12.6 Å². The van der Waals surface area contributed by atoms with Gasteiger partial charge in [-0.25, -0.2) is 0 Å². The number of esters is 2. The van der Waals surface area contributed by atoms with Crippen molar-refractivity contribution in [3.63, 3.8) is 0 Å². The van der Waals surface area contributed by atoms with Crippen LogP contribution in [0, 0.1) is 0 Å². The van der Waals surface area contributed by atoms with Gasteiger partial charge in [0, 0.05) is 25.0 Å². The van der Waals surface area contributed by atoms with Crippen LogP contribution in [0.15, 0.2) is 0 Å². The number of rotatable bonds is 35. The van der Waals surface area contributed by atoms with Gasteiger partial charge in [0.2, 0.25) is 0 Å². The van der Waals surface area contributed by atoms with Crippen LogP contribution in [0.1, 0.15) is 200 Å². The fourth-order valence-corrected chi connectivity index (χ4v) is 5.89. The highest BCUT2D eigenvalue weighted by molar-refractivity contribution is 7.80. The number of unbranched alkanes of at least 4 members (excludes halogenated alkanes) is 24. The Hall–Kier alpha value is -1.08. The number of ether oxygens (including phenoxy) is 2. The van der Waals surface area contributed by atoms with Crippen molar-refractivity contribution in [1.29, 1.82) is 0 Å². The Morgan fingerprint density at radius 3 is 1.22 bits per heavy atom. The van der Waals surface area contributed by atoms with E-state index in [0.717, 1.165) is 38.5 Å². The highest BCUT2D eigenvalue weighted by atomic mass is 32.1. The number of thiol groups is 1. The molecular formula is C38H73NO5S. The summed E-state index contributed by atoms with van der Waals surface area (Å²) in [5, 5.41) is 0. The van der Waals surface area contributed by atoms with Gasteiger partial charge in [-0.1, -0.05) is 168 Å². The Kier molecular flexibility index (Phi) is 33.4. The SMILES string of the molecule is CCCCCCCCCCCCCCCC(=O)OCC(CC(=O)[C@@H](N)CS)OC(=O)CCCCCCCCCCCCCCC. The predicted octanol–water partition coefficient (Wildman–Crippen LogP) is 10.6. The largest absolute Gasteiger partial charge is 0.462 e. The van der Waals surface area contributed by atoms with E-state index in [9.17, 15) is 14.4 Å². The number of Topliss-reactive ketones (excluding diaryl/α,β-unsaturated/α-hetero) is 1. The molecule has 0 fully saturated rings. The van der Waals surface area contributed by atoms with Crippen LogP contribution in [-0.4, -0.2) is 42.2 Å². The summed E-state index contributed by atoms with van der Waals surface area (Å²) >= 11 is 4.10. The van der Waals surface area contributed by atoms with Gasteiger partial charge in [0.1, 0.15) is 12.7 Å². The van der Waals surface area contributed by atoms with Crippen molar-refractivity contribution >= 4 is 30.4 Å². The molecule has 0 saturated carbocycles. The molecule has 1 unspecified atom stereocenters. The number of hydrogen-bond acceptors (Lipinski definition) is 7. The van der Waals surface area contributed by atoms with E-state index in [-0.39, 0.29) is 36.5 Å². The first-order valence-electron chi connectivity index (χ1n) is 19.2. The fourth-order valence-electron chi connectivity index (χ4n) is 5.69. The molecule has 0 aromatic carbocycles. The van der Waals surface area contributed by atoms with Crippen LogP contribution in [-0.2, 0) is 23.9 Å². The molecule has 45 heavy (non-hydrogen) atoms. The summed E-state index contributed by atoms with van der Waals surface area (Å²) in [5.41, 5.74) is 5.83. The lowest BCUT2D eigenvalue weighted by Gasteiger charge is -2.19. The molecule has 266 valence electrons. The quantitative estimate of drug-likeness (QED) is 0.0401. The maximum atomic E-state index is 12.5. The van der Waals surface area contributed by atoms with Crippen molar-refractivity contribution < 1.29 is 23.9 Å². The van der Waals surface area contributed by atoms with Gasteiger partial charge in [-0.15, -0.1) is 0 Å². The average Bonchev–Trinajstić information content (AvgIpc) is 3.03. The third-order valence-corrected chi connectivity index (χ3v) is 9.13. The first-order valence-corrected chi connectivity index (χ1v) is 19.8. The Bertz CT molecular complexity index is 689. The highest BCUT2D eigenvalue weighted by Gasteiger charge is 2.23. The normalized spacial score (nSPS) is 12.6. The van der Waals surface area contributed by atoms with E-state index in [1.807, 2.05) is 0 Å². The highest BCUT2D eigenvalue weighted by Crippen LogP contribution is 2.15. The van der Waals surface area contributed by atoms with Crippen LogP contribution in [0.25, 0.3) is 0 Å².